The number of Topliss-reactive ketones (excluding diaryl/α,β-unsaturated/α-hetero) is 2. The van der Waals surface area contributed by atoms with Crippen molar-refractivity contribution in [1.82, 2.24) is 0 Å². The van der Waals surface area contributed by atoms with Crippen molar-refractivity contribution in [3.8, 4) is 11.5 Å². The zero-order chi connectivity index (χ0) is 31.0. The maximum absolute atomic E-state index is 13.9. The number of fused-ring (bicyclic) bond motifs is 3. The van der Waals surface area contributed by atoms with Gasteiger partial charge >= 0.3 is 6.36 Å². The summed E-state index contributed by atoms with van der Waals surface area (Å²) in [5.74, 6) is -7.06. The van der Waals surface area contributed by atoms with Crippen molar-refractivity contribution in [3.05, 3.63) is 86.9 Å². The molecule has 43 heavy (non-hydrogen) atoms. The first kappa shape index (κ1) is 28.8. The summed E-state index contributed by atoms with van der Waals surface area (Å²) >= 11 is 3.11. The van der Waals surface area contributed by atoms with Crippen LogP contribution in [0.2, 0.25) is 0 Å². The third-order valence-corrected chi connectivity index (χ3v) is 9.00. The van der Waals surface area contributed by atoms with Crippen LogP contribution in [0.5, 0.6) is 11.5 Å². The number of benzene rings is 2. The van der Waals surface area contributed by atoms with E-state index in [0.29, 0.717) is 11.1 Å². The van der Waals surface area contributed by atoms with E-state index >= 15 is 0 Å². The summed E-state index contributed by atoms with van der Waals surface area (Å²) in [6.45, 7) is 1.39. The van der Waals surface area contributed by atoms with Gasteiger partial charge in [0.15, 0.2) is 17.3 Å². The number of ether oxygens (including phenoxy) is 1. The van der Waals surface area contributed by atoms with Crippen molar-refractivity contribution in [2.45, 2.75) is 32.0 Å². The van der Waals surface area contributed by atoms with Crippen LogP contribution in [0.15, 0.2) is 75.8 Å². The van der Waals surface area contributed by atoms with Gasteiger partial charge in [0, 0.05) is 34.3 Å². The summed E-state index contributed by atoms with van der Waals surface area (Å²) in [5, 5.41) is 10.8. The summed E-state index contributed by atoms with van der Waals surface area (Å²) in [4.78, 5) is 67.0. The number of anilines is 1. The number of rotatable bonds is 4. The highest BCUT2D eigenvalue weighted by molar-refractivity contribution is 9.12. The zero-order valence-corrected chi connectivity index (χ0v) is 23.9. The van der Waals surface area contributed by atoms with Crippen LogP contribution in [0.1, 0.15) is 41.6 Å². The number of ketones is 3. The molecule has 3 aliphatic carbocycles. The van der Waals surface area contributed by atoms with Gasteiger partial charge in [-0.3, -0.25) is 28.9 Å². The molecular weight excluding hydrogens is 635 g/mol. The van der Waals surface area contributed by atoms with Crippen LogP contribution in [0.3, 0.4) is 0 Å². The maximum Gasteiger partial charge on any atom is 0.573 e. The molecule has 4 atom stereocenters. The summed E-state index contributed by atoms with van der Waals surface area (Å²) in [6.07, 6.45) is -2.26. The molecule has 8 nitrogen and oxygen atoms in total. The van der Waals surface area contributed by atoms with E-state index in [1.54, 1.807) is 6.08 Å². The molecular formula is C31H21BrF3NO7. The Morgan fingerprint density at radius 3 is 2.37 bits per heavy atom. The fourth-order valence-electron chi connectivity index (χ4n) is 6.62. The van der Waals surface area contributed by atoms with Gasteiger partial charge < -0.3 is 9.84 Å². The number of imide groups is 1. The van der Waals surface area contributed by atoms with E-state index < -0.39 is 64.9 Å². The Morgan fingerprint density at radius 2 is 1.72 bits per heavy atom. The Labute approximate surface area is 250 Å². The van der Waals surface area contributed by atoms with E-state index in [1.807, 2.05) is 0 Å². The molecule has 0 saturated carbocycles. The summed E-state index contributed by atoms with van der Waals surface area (Å²) in [5.41, 5.74) is 1.05. The minimum atomic E-state index is -5.03. The molecule has 1 aliphatic heterocycles. The molecule has 1 fully saturated rings. The Hall–Kier alpha value is -4.32. The second-order valence-corrected chi connectivity index (χ2v) is 11.6. The van der Waals surface area contributed by atoms with E-state index in [4.69, 9.17) is 0 Å². The fourth-order valence-corrected chi connectivity index (χ4v) is 7.07. The van der Waals surface area contributed by atoms with Crippen molar-refractivity contribution in [2.75, 3.05) is 4.90 Å². The minimum absolute atomic E-state index is 0.0120. The topological polar surface area (TPSA) is 118 Å². The molecule has 2 aromatic carbocycles. The Bertz CT molecular complexity index is 1740. The number of phenols is 1. The second-order valence-electron chi connectivity index (χ2n) is 10.8. The van der Waals surface area contributed by atoms with Crippen LogP contribution in [-0.4, -0.2) is 40.6 Å². The first-order valence-electron chi connectivity index (χ1n) is 13.2. The number of nitrogens with zero attached hydrogens (tertiary/aromatic N) is 1. The molecule has 0 aromatic heterocycles. The van der Waals surface area contributed by atoms with E-state index in [0.717, 1.165) is 29.2 Å². The first-order valence-corrected chi connectivity index (χ1v) is 14.0. The van der Waals surface area contributed by atoms with Crippen molar-refractivity contribution >= 4 is 50.8 Å². The Kier molecular flexibility index (Phi) is 6.79. The number of allylic oxidation sites excluding steroid dienone is 6. The predicted octanol–water partition coefficient (Wildman–Crippen LogP) is 5.46. The molecule has 2 amide bonds. The number of alkyl halides is 3. The number of carbonyl (C=O) groups is 5. The molecule has 0 bridgehead atoms. The van der Waals surface area contributed by atoms with Gasteiger partial charge in [-0.1, -0.05) is 11.6 Å². The molecule has 0 radical (unpaired) electrons. The highest BCUT2D eigenvalue weighted by atomic mass is 79.9. The van der Waals surface area contributed by atoms with Crippen LogP contribution >= 0.6 is 15.9 Å². The van der Waals surface area contributed by atoms with Crippen molar-refractivity contribution < 1.29 is 47.0 Å². The standard InChI is InChI=1S/C31H21BrF3NO7/c1-13(37)14-2-4-15(5-3-14)36-29(41)18-8-7-17-19(26(18)30(36)42)11-21-27(24(39)12-22(32)28(21)40)25(17)20-10-16(6-9-23(20)38)43-31(33,34)35/h2-7,9-10,12,18-19,25-26,38H,8,11H2,1H3/t18-,19+,25+,26-/m0/s1. The highest BCUT2D eigenvalue weighted by Crippen LogP contribution is 2.57. The van der Waals surface area contributed by atoms with Crippen LogP contribution in [0.25, 0.3) is 0 Å². The van der Waals surface area contributed by atoms with Gasteiger partial charge in [0.2, 0.25) is 11.8 Å². The van der Waals surface area contributed by atoms with Gasteiger partial charge in [0.1, 0.15) is 11.5 Å². The van der Waals surface area contributed by atoms with Crippen molar-refractivity contribution in [2.24, 2.45) is 17.8 Å². The summed E-state index contributed by atoms with van der Waals surface area (Å²) in [6, 6.07) is 8.90. The number of phenolic OH excluding ortho intramolecular Hbond substituents is 1. The molecule has 0 spiro atoms. The van der Waals surface area contributed by atoms with Crippen LogP contribution < -0.4 is 9.64 Å². The van der Waals surface area contributed by atoms with Gasteiger partial charge in [0.25, 0.3) is 0 Å². The monoisotopic (exact) mass is 655 g/mol. The van der Waals surface area contributed by atoms with Gasteiger partial charge in [0.05, 0.1) is 22.0 Å². The number of hydrogen-bond acceptors (Lipinski definition) is 7. The van der Waals surface area contributed by atoms with Crippen molar-refractivity contribution in [3.63, 3.8) is 0 Å². The highest BCUT2D eigenvalue weighted by Gasteiger charge is 2.57. The molecule has 0 unspecified atom stereocenters. The number of hydrogen-bond donors (Lipinski definition) is 1. The molecule has 1 N–H and O–H groups in total. The molecule has 1 heterocycles. The molecule has 1 saturated heterocycles. The second kappa shape index (κ2) is 10.1. The SMILES string of the molecule is CC(=O)c1ccc(N2C(=O)[C@H]3[C@H](CC=C4[C@H](c5cc(OC(F)(F)F)ccc5O)C5=C(C[C@H]43)C(=O)C(Br)=CC5=O)C2=O)cc1. The third kappa shape index (κ3) is 4.73. The lowest BCUT2D eigenvalue weighted by Crippen LogP contribution is -2.39. The largest absolute Gasteiger partial charge is 0.573 e. The number of halogens is 4. The van der Waals surface area contributed by atoms with Gasteiger partial charge in [-0.05, 0) is 84.1 Å². The molecule has 4 aliphatic rings. The molecule has 6 rings (SSSR count). The van der Waals surface area contributed by atoms with Crippen LogP contribution in [-0.2, 0) is 19.2 Å². The fraction of sp³-hybridized carbons (Fsp3) is 0.258. The predicted molar refractivity (Wildman–Crippen MR) is 148 cm³/mol. The lowest BCUT2D eigenvalue weighted by Gasteiger charge is -2.42. The lowest BCUT2D eigenvalue weighted by atomic mass is 9.59. The van der Waals surface area contributed by atoms with Gasteiger partial charge in [-0.15, -0.1) is 13.2 Å². The first-order chi connectivity index (χ1) is 20.3. The minimum Gasteiger partial charge on any atom is -0.508 e. The molecule has 220 valence electrons. The Balaban J connectivity index is 1.47. The van der Waals surface area contributed by atoms with Crippen LogP contribution in [0, 0.1) is 17.8 Å². The zero-order valence-electron chi connectivity index (χ0n) is 22.3. The molecule has 2 aromatic rings. The van der Waals surface area contributed by atoms with E-state index in [1.165, 1.54) is 31.2 Å². The Morgan fingerprint density at radius 1 is 1.02 bits per heavy atom. The third-order valence-electron chi connectivity index (χ3n) is 8.41. The number of aromatic hydroxyl groups is 1. The quantitative estimate of drug-likeness (QED) is 0.201. The van der Waals surface area contributed by atoms with Crippen LogP contribution in [0.4, 0.5) is 18.9 Å². The van der Waals surface area contributed by atoms with E-state index in [2.05, 4.69) is 20.7 Å². The number of carbonyl (C=O) groups excluding carboxylic acids is 5. The average molecular weight is 656 g/mol. The average Bonchev–Trinajstić information content (AvgIpc) is 3.20. The summed E-state index contributed by atoms with van der Waals surface area (Å²) < 4.78 is 43.2. The maximum atomic E-state index is 13.9. The molecule has 12 heteroatoms. The van der Waals surface area contributed by atoms with Gasteiger partial charge in [-0.25, -0.2) is 0 Å². The summed E-state index contributed by atoms with van der Waals surface area (Å²) in [7, 11) is 0. The van der Waals surface area contributed by atoms with E-state index in [-0.39, 0.29) is 45.5 Å². The van der Waals surface area contributed by atoms with Crippen molar-refractivity contribution in [1.29, 1.82) is 0 Å². The normalized spacial score (nSPS) is 25.2. The number of amides is 2. The smallest absolute Gasteiger partial charge is 0.508 e. The van der Waals surface area contributed by atoms with Gasteiger partial charge in [-0.2, -0.15) is 0 Å². The van der Waals surface area contributed by atoms with E-state index in [9.17, 15) is 42.3 Å². The lowest BCUT2D eigenvalue weighted by molar-refractivity contribution is -0.274.